The number of pyridine rings is 2. The van der Waals surface area contributed by atoms with E-state index in [0.717, 1.165) is 6.42 Å². The van der Waals surface area contributed by atoms with Crippen molar-refractivity contribution in [2.24, 2.45) is 0 Å². The Morgan fingerprint density at radius 2 is 0.867 bits per heavy atom. The lowest BCUT2D eigenvalue weighted by Gasteiger charge is -2.37. The number of hydrogen-bond acceptors (Lipinski definition) is 9. The maximum atomic E-state index is 10.7. The SMILES string of the molecule is CCO[n+]1ccccc1Oc1ccc(O)cc1.CCO[n+]1ccccc1Oc1ccc(O)cc1.[O-]B([O-])OCCCC(c1ccccc1)(c1ccccc1)c1ccccc1. The van der Waals surface area contributed by atoms with Crippen molar-refractivity contribution in [1.82, 2.24) is 0 Å². The Bertz CT molecular complexity index is 2060. The minimum absolute atomic E-state index is 0.159. The van der Waals surface area contributed by atoms with E-state index in [9.17, 15) is 20.3 Å². The van der Waals surface area contributed by atoms with E-state index in [1.807, 2.05) is 105 Å². The third kappa shape index (κ3) is 13.1. The highest BCUT2D eigenvalue weighted by Gasteiger charge is 2.35. The van der Waals surface area contributed by atoms with Gasteiger partial charge in [-0.05, 0) is 104 Å². The van der Waals surface area contributed by atoms with E-state index in [1.165, 1.54) is 16.7 Å². The molecule has 0 fully saturated rings. The van der Waals surface area contributed by atoms with Gasteiger partial charge in [0.15, 0.2) is 13.2 Å². The largest absolute Gasteiger partial charge is 0.871 e. The molecule has 2 heterocycles. The van der Waals surface area contributed by atoms with Crippen LogP contribution in [0.4, 0.5) is 0 Å². The monoisotopic (exact) mass is 808 g/mol. The molecule has 0 unspecified atom stereocenters. The van der Waals surface area contributed by atoms with Gasteiger partial charge in [0.25, 0.3) is 0 Å². The van der Waals surface area contributed by atoms with E-state index in [2.05, 4.69) is 36.4 Å². The van der Waals surface area contributed by atoms with Gasteiger partial charge >= 0.3 is 11.8 Å². The van der Waals surface area contributed by atoms with Gasteiger partial charge in [-0.3, -0.25) is 9.68 Å². The predicted molar refractivity (Wildman–Crippen MR) is 224 cm³/mol. The summed E-state index contributed by atoms with van der Waals surface area (Å²) < 4.78 is 19.1. The van der Waals surface area contributed by atoms with Crippen LogP contribution < -0.4 is 38.7 Å². The van der Waals surface area contributed by atoms with E-state index in [0.29, 0.717) is 42.9 Å². The highest BCUT2D eigenvalue weighted by Crippen LogP contribution is 2.43. The third-order valence-corrected chi connectivity index (χ3v) is 8.98. The maximum Gasteiger partial charge on any atom is 0.422 e. The fourth-order valence-electron chi connectivity index (χ4n) is 6.36. The zero-order valence-corrected chi connectivity index (χ0v) is 33.7. The average Bonchev–Trinajstić information content (AvgIpc) is 3.28. The first-order valence-corrected chi connectivity index (χ1v) is 19.6. The summed E-state index contributed by atoms with van der Waals surface area (Å²) >= 11 is 0. The van der Waals surface area contributed by atoms with Crippen molar-refractivity contribution in [2.45, 2.75) is 32.1 Å². The molecule has 0 spiro atoms. The molecule has 0 aliphatic carbocycles. The van der Waals surface area contributed by atoms with Crippen LogP contribution in [0.1, 0.15) is 43.4 Å². The topological polar surface area (TPSA) is 140 Å². The first-order chi connectivity index (χ1) is 29.3. The van der Waals surface area contributed by atoms with E-state index < -0.39 is 7.32 Å². The van der Waals surface area contributed by atoms with E-state index in [4.69, 9.17) is 23.8 Å². The maximum absolute atomic E-state index is 10.7. The van der Waals surface area contributed by atoms with Crippen molar-refractivity contribution in [1.29, 1.82) is 0 Å². The predicted octanol–water partition coefficient (Wildman–Crippen LogP) is 6.36. The van der Waals surface area contributed by atoms with Crippen LogP contribution in [0.5, 0.6) is 34.8 Å². The van der Waals surface area contributed by atoms with Crippen LogP contribution in [-0.2, 0) is 10.1 Å². The Morgan fingerprint density at radius 3 is 1.22 bits per heavy atom. The van der Waals surface area contributed by atoms with Crippen LogP contribution in [0.2, 0.25) is 0 Å². The smallest absolute Gasteiger partial charge is 0.422 e. The molecule has 0 bridgehead atoms. The summed E-state index contributed by atoms with van der Waals surface area (Å²) in [6.07, 6.45) is 4.90. The number of benzene rings is 5. The molecular weight excluding hydrogens is 759 g/mol. The zero-order valence-electron chi connectivity index (χ0n) is 33.7. The fraction of sp³-hybridized carbons (Fsp3) is 0.167. The lowest BCUT2D eigenvalue weighted by atomic mass is 9.67. The lowest BCUT2D eigenvalue weighted by molar-refractivity contribution is -0.892. The molecule has 60 heavy (non-hydrogen) atoms. The molecule has 5 aromatic carbocycles. The Hall–Kier alpha value is -6.86. The molecule has 7 rings (SSSR count). The van der Waals surface area contributed by atoms with Gasteiger partial charge in [-0.15, -0.1) is 0 Å². The summed E-state index contributed by atoms with van der Waals surface area (Å²) in [5.74, 6) is 2.87. The zero-order chi connectivity index (χ0) is 42.4. The molecule has 0 saturated heterocycles. The van der Waals surface area contributed by atoms with Crippen molar-refractivity contribution in [3.63, 3.8) is 0 Å². The standard InChI is InChI=1S/C22H21BO3.2C13H13NO3/c24-23(25)26-18-10-17-22(19-11-4-1-5-12-19,20-13-6-2-7-14-20)21-15-8-3-9-16-21;2*1-2-16-14-10-4-3-5-13(14)17-12-8-6-11(15)7-9-12/h1-9,11-16H,10,17-18H2;2*3-10H,2H2,1H3/q-2;;/p+2. The minimum atomic E-state index is -2.23. The van der Waals surface area contributed by atoms with Gasteiger partial charge in [-0.25, -0.2) is 0 Å². The van der Waals surface area contributed by atoms with Gasteiger partial charge in [0, 0.05) is 33.6 Å². The molecule has 0 saturated carbocycles. The van der Waals surface area contributed by atoms with E-state index >= 15 is 0 Å². The number of rotatable bonds is 16. The van der Waals surface area contributed by atoms with Crippen LogP contribution in [0.25, 0.3) is 0 Å². The Kier molecular flexibility index (Phi) is 17.4. The first kappa shape index (κ1) is 44.3. The summed E-state index contributed by atoms with van der Waals surface area (Å²) in [7, 11) is -2.23. The molecule has 0 atom stereocenters. The molecule has 2 aromatic heterocycles. The second-order valence-electron chi connectivity index (χ2n) is 13.0. The van der Waals surface area contributed by atoms with Gasteiger partial charge in [0.1, 0.15) is 23.0 Å². The van der Waals surface area contributed by atoms with Gasteiger partial charge in [-0.1, -0.05) is 91.0 Å². The molecule has 2 N–H and O–H groups in total. The van der Waals surface area contributed by atoms with Gasteiger partial charge in [0.2, 0.25) is 12.4 Å². The molecule has 0 amide bonds. The lowest BCUT2D eigenvalue weighted by Crippen LogP contribution is -2.48. The molecule has 12 heteroatoms. The number of hydrogen-bond donors (Lipinski definition) is 2. The summed E-state index contributed by atoms with van der Waals surface area (Å²) in [5, 5.41) is 39.7. The molecule has 11 nitrogen and oxygen atoms in total. The Labute approximate surface area is 351 Å². The molecule has 308 valence electrons. The fourth-order valence-corrected chi connectivity index (χ4v) is 6.36. The van der Waals surface area contributed by atoms with Crippen LogP contribution in [0.15, 0.2) is 188 Å². The summed E-state index contributed by atoms with van der Waals surface area (Å²) in [6.45, 7) is 5.09. The van der Waals surface area contributed by atoms with Crippen LogP contribution in [0.3, 0.4) is 0 Å². The molecular formula is C48H49BN2O9. The van der Waals surface area contributed by atoms with E-state index in [-0.39, 0.29) is 23.5 Å². The second kappa shape index (κ2) is 23.5. The van der Waals surface area contributed by atoms with Crippen LogP contribution >= 0.6 is 0 Å². The summed E-state index contributed by atoms with van der Waals surface area (Å²) in [5.41, 5.74) is 3.17. The quantitative estimate of drug-likeness (QED) is 0.0494. The normalized spacial score (nSPS) is 10.5. The van der Waals surface area contributed by atoms with Crippen molar-refractivity contribution in [3.05, 3.63) is 205 Å². The number of aromatic hydroxyl groups is 2. The first-order valence-electron chi connectivity index (χ1n) is 19.6. The summed E-state index contributed by atoms with van der Waals surface area (Å²) in [4.78, 5) is 10.8. The van der Waals surface area contributed by atoms with Crippen molar-refractivity contribution >= 4 is 7.32 Å². The molecule has 0 radical (unpaired) electrons. The Morgan fingerprint density at radius 1 is 0.500 bits per heavy atom. The number of nitrogens with zero attached hydrogens (tertiary/aromatic N) is 2. The minimum Gasteiger partial charge on any atom is -0.871 e. The van der Waals surface area contributed by atoms with Crippen molar-refractivity contribution in [2.75, 3.05) is 19.8 Å². The second-order valence-corrected chi connectivity index (χ2v) is 13.0. The Balaban J connectivity index is 0.000000177. The number of phenols is 2. The van der Waals surface area contributed by atoms with Gasteiger partial charge < -0.3 is 34.4 Å². The van der Waals surface area contributed by atoms with Crippen LogP contribution in [0, 0.1) is 0 Å². The van der Waals surface area contributed by atoms with Crippen molar-refractivity contribution < 1.29 is 53.5 Å². The van der Waals surface area contributed by atoms with Crippen LogP contribution in [-0.4, -0.2) is 37.4 Å². The summed E-state index contributed by atoms with van der Waals surface area (Å²) in [6, 6.07) is 55.2. The van der Waals surface area contributed by atoms with Crippen molar-refractivity contribution in [3.8, 4) is 34.8 Å². The molecule has 7 aromatic rings. The number of phenolic OH excluding ortho intramolecular Hbond substituents is 2. The number of ether oxygens (including phenoxy) is 2. The highest BCUT2D eigenvalue weighted by atomic mass is 16.7. The van der Waals surface area contributed by atoms with Gasteiger partial charge in [0.05, 0.1) is 19.5 Å². The highest BCUT2D eigenvalue weighted by molar-refractivity contribution is 6.28. The van der Waals surface area contributed by atoms with E-state index in [1.54, 1.807) is 70.4 Å². The molecule has 0 aliphatic rings. The molecule has 0 aliphatic heterocycles. The van der Waals surface area contributed by atoms with Gasteiger partial charge in [-0.2, -0.15) is 0 Å². The third-order valence-electron chi connectivity index (χ3n) is 8.98. The average molecular weight is 809 g/mol. The number of aromatic nitrogens is 2.